The Hall–Kier alpha value is 9.98. The molecule has 0 aliphatic heterocycles. The fourth-order valence-corrected chi connectivity index (χ4v) is 0. The van der Waals surface area contributed by atoms with E-state index in [4.69, 9.17) is 0 Å². The summed E-state index contributed by atoms with van der Waals surface area (Å²) < 4.78 is 0. The molecular weight excluding hydrogens is 1570 g/mol. The van der Waals surface area contributed by atoms with Gasteiger partial charge in [0.05, 0.1) is 0 Å². The Balaban J connectivity index is 0. The van der Waals surface area contributed by atoms with Crippen molar-refractivity contribution < 1.29 is 606 Å². The molecule has 0 radical (unpaired) electrons. The van der Waals surface area contributed by atoms with Crippen LogP contribution in [0.25, 0.3) is 0 Å². The normalized spacial score (nSPS) is 0. The second-order valence-electron chi connectivity index (χ2n) is 0. The van der Waals surface area contributed by atoms with Crippen LogP contribution >= 0.6 is 0 Å². The largest absolute Gasteiger partial charge is 2.00 e. The van der Waals surface area contributed by atoms with Gasteiger partial charge in [-0.15, -0.1) is 0 Å². The minimum Gasteiger partial charge on any atom is -2.00 e. The maximum Gasteiger partial charge on any atom is 1.00 e. The van der Waals surface area contributed by atoms with Crippen LogP contribution in [-0.4, -0.2) is 120 Å². The molecule has 0 aromatic heterocycles. The Labute approximate surface area is 595 Å². The van der Waals surface area contributed by atoms with E-state index in [2.05, 4.69) is 0 Å². The molecule has 0 bridgehead atoms. The number of hydrogen-bond acceptors (Lipinski definition) is 0. The van der Waals surface area contributed by atoms with Gasteiger partial charge < -0.3 is 252 Å². The van der Waals surface area contributed by atoms with Gasteiger partial charge in [0.1, 0.15) is 0 Å². The summed E-state index contributed by atoms with van der Waals surface area (Å²) in [4.78, 5) is 0. The topological polar surface area (TPSA) is 1380 Å². The monoisotopic (exact) mass is 1630 g/mol. The van der Waals surface area contributed by atoms with Crippen LogP contribution in [0.1, 0.15) is 0 Å². The fraction of sp³-hybridized carbons (Fsp3) is 0. The van der Waals surface area contributed by atoms with Crippen molar-refractivity contribution in [1.29, 1.82) is 0 Å². The molecular formula is H44Mo7Na7O46-41. The summed E-state index contributed by atoms with van der Waals surface area (Å²) in [6.45, 7) is 0. The first kappa shape index (κ1) is 3340. The van der Waals surface area contributed by atoms with Gasteiger partial charge in [0.2, 0.25) is 0 Å². The molecule has 60 heteroatoms. The molecule has 0 spiro atoms. The molecule has 0 saturated heterocycles. The minimum atomic E-state index is 0. The van der Waals surface area contributed by atoms with Crippen molar-refractivity contribution in [2.45, 2.75) is 0 Å². The maximum absolute atomic E-state index is 0. The first-order valence-corrected chi connectivity index (χ1v) is 0. The quantitative estimate of drug-likeness (QED) is 0.204. The molecule has 0 saturated carbocycles. The van der Waals surface area contributed by atoms with Crippen LogP contribution in [0.15, 0.2) is 0 Å². The first-order valence-electron chi connectivity index (χ1n) is 0. The van der Waals surface area contributed by atoms with Gasteiger partial charge in [0, 0.05) is 147 Å². The molecule has 410 valence electrons. The third-order valence-corrected chi connectivity index (χ3v) is 0. The van der Waals surface area contributed by atoms with Crippen LogP contribution in [0.5, 0.6) is 0 Å². The molecule has 0 aromatic carbocycles. The van der Waals surface area contributed by atoms with Crippen LogP contribution in [0.2, 0.25) is 0 Å². The van der Waals surface area contributed by atoms with Crippen LogP contribution in [-0.2, 0) is 279 Å². The molecule has 44 N–H and O–H groups in total. The van der Waals surface area contributed by atoms with Crippen molar-refractivity contribution >= 4 is 0 Å². The van der Waals surface area contributed by atoms with Crippen molar-refractivity contribution in [3.8, 4) is 0 Å². The van der Waals surface area contributed by atoms with Crippen LogP contribution in [0.4, 0.5) is 0 Å². The summed E-state index contributed by atoms with van der Waals surface area (Å²) in [5.74, 6) is 0. The van der Waals surface area contributed by atoms with Gasteiger partial charge in [0.15, 0.2) is 0 Å². The van der Waals surface area contributed by atoms with Gasteiger partial charge in [-0.3, -0.25) is 0 Å². The van der Waals surface area contributed by atoms with E-state index in [-0.39, 0.29) is 606 Å². The van der Waals surface area contributed by atoms with Crippen molar-refractivity contribution in [1.82, 2.24) is 0 Å². The van der Waals surface area contributed by atoms with Gasteiger partial charge >= 0.3 is 207 Å². The number of rotatable bonds is 0. The van der Waals surface area contributed by atoms with Crippen molar-refractivity contribution in [2.24, 2.45) is 0 Å². The van der Waals surface area contributed by atoms with Crippen LogP contribution in [0, 0.1) is 0 Å². The molecule has 0 aliphatic rings. The van der Waals surface area contributed by atoms with E-state index in [9.17, 15) is 0 Å². The molecule has 0 aliphatic carbocycles. The van der Waals surface area contributed by atoms with Crippen LogP contribution in [0.3, 0.4) is 0 Å². The molecule has 0 atom stereocenters. The van der Waals surface area contributed by atoms with Gasteiger partial charge in [-0.25, -0.2) is 0 Å². The van der Waals surface area contributed by atoms with Gasteiger partial charge in [0.25, 0.3) is 0 Å². The molecule has 0 rings (SSSR count). The average Bonchev–Trinajstić information content (AvgIpc) is 0. The summed E-state index contributed by atoms with van der Waals surface area (Å²) in [7, 11) is 0. The van der Waals surface area contributed by atoms with Gasteiger partial charge in [-0.1, -0.05) is 0 Å². The Morgan fingerprint density at radius 1 is 0.0667 bits per heavy atom. The van der Waals surface area contributed by atoms with E-state index >= 15 is 0 Å². The van der Waals surface area contributed by atoms with Gasteiger partial charge in [-0.2, -0.15) is 0 Å². The molecule has 0 unspecified atom stereocenters. The second-order valence-corrected chi connectivity index (χ2v) is 0. The van der Waals surface area contributed by atoms with Crippen molar-refractivity contribution in [3.05, 3.63) is 0 Å². The zero-order valence-electron chi connectivity index (χ0n) is 30.7. The molecule has 0 fully saturated rings. The average molecular weight is 1610 g/mol. The SMILES string of the molecule is O.O.O.O.O.O.O.O.O.O.O.O.O.O.O.O.O.O.O.O.O.O.[Mo].[Mo].[Mo].[Mo].[Mo].[Mo].[Mo].[Na+].[Na+].[Na+].[Na+].[Na+].[Na+].[Na+].[O-2].[O-2].[O-2].[O-2].[O-2].[O-2].[O-2].[O-2].[O-2].[O-2].[O-2].[O-2].[O-2].[O-2].[O-2].[O-2].[O-2].[O-2].[O-2].[O-2].[O-2].[O-2].[O-2].[O-2]. The predicted molar refractivity (Wildman–Crippen MR) is 96.0 cm³/mol. The maximum atomic E-state index is 0. The van der Waals surface area contributed by atoms with E-state index in [0.29, 0.717) is 0 Å². The van der Waals surface area contributed by atoms with Gasteiger partial charge in [-0.05, 0) is 0 Å². The Bertz CT molecular complexity index is 61.0. The third-order valence-electron chi connectivity index (χ3n) is 0. The summed E-state index contributed by atoms with van der Waals surface area (Å²) in [5, 5.41) is 0. The molecule has 60 heavy (non-hydrogen) atoms. The van der Waals surface area contributed by atoms with E-state index in [1.54, 1.807) is 0 Å². The van der Waals surface area contributed by atoms with Crippen LogP contribution < -0.4 is 207 Å². The number of hydrogen-bond donors (Lipinski definition) is 0. The van der Waals surface area contributed by atoms with Crippen molar-refractivity contribution in [2.75, 3.05) is 0 Å². The molecule has 46 nitrogen and oxygen atoms in total. The molecule has 0 aromatic rings. The summed E-state index contributed by atoms with van der Waals surface area (Å²) in [6, 6.07) is 0. The summed E-state index contributed by atoms with van der Waals surface area (Å²) in [6.07, 6.45) is 0. The smallest absolute Gasteiger partial charge is 1.00 e. The first-order chi connectivity index (χ1) is 0. The molecule has 0 amide bonds. The Morgan fingerprint density at radius 3 is 0.0667 bits per heavy atom. The predicted octanol–water partition coefficient (Wildman–Crippen LogP) is -42.0. The zero-order valence-corrected chi connectivity index (χ0v) is 58.7. The zero-order chi connectivity index (χ0) is 0. The minimum absolute atomic E-state index is 0. The standard InChI is InChI=1S/7Mo.7Na.22H2O.24O/h;;;;;;;;;;;;;;22*1H2;;;;;;;;;;;;;;;;;;;;;;;;/q;;;;;;;7*+1;;;;;;;;;;;;;;;;;;;;;;;24*-2. The van der Waals surface area contributed by atoms with E-state index in [1.165, 1.54) is 0 Å². The summed E-state index contributed by atoms with van der Waals surface area (Å²) in [5.41, 5.74) is 0. The third kappa shape index (κ3) is 3060. The Kier molecular flexibility index (Phi) is 178000. The Morgan fingerprint density at radius 2 is 0.0667 bits per heavy atom. The molecule has 0 heterocycles. The fourth-order valence-electron chi connectivity index (χ4n) is 0. The van der Waals surface area contributed by atoms with E-state index in [1.807, 2.05) is 0 Å². The second kappa shape index (κ2) is 3200. The van der Waals surface area contributed by atoms with E-state index in [0.717, 1.165) is 0 Å². The van der Waals surface area contributed by atoms with E-state index < -0.39 is 0 Å². The van der Waals surface area contributed by atoms with Crippen molar-refractivity contribution in [3.63, 3.8) is 0 Å². The summed E-state index contributed by atoms with van der Waals surface area (Å²) >= 11 is 0.